The second-order valence-electron chi connectivity index (χ2n) is 6.84. The molecule has 0 amide bonds. The molecule has 2 aromatic rings. The number of benzene rings is 2. The SMILES string of the molecule is CC(C)CC(CC(C)OC(=O)c1ccccc1)OC(=O)c1ccccc1. The van der Waals surface area contributed by atoms with Crippen LogP contribution in [0.25, 0.3) is 0 Å². The van der Waals surface area contributed by atoms with E-state index in [-0.39, 0.29) is 24.1 Å². The molecule has 2 unspecified atom stereocenters. The topological polar surface area (TPSA) is 52.6 Å². The maximum Gasteiger partial charge on any atom is 0.338 e. The van der Waals surface area contributed by atoms with Crippen LogP contribution in [0.4, 0.5) is 0 Å². The third-order valence-electron chi connectivity index (χ3n) is 3.93. The first-order chi connectivity index (χ1) is 12.5. The van der Waals surface area contributed by atoms with Crippen molar-refractivity contribution in [3.63, 3.8) is 0 Å². The van der Waals surface area contributed by atoms with E-state index in [9.17, 15) is 9.59 Å². The number of carbonyl (C=O) groups is 2. The molecule has 2 aromatic carbocycles. The van der Waals surface area contributed by atoms with Gasteiger partial charge >= 0.3 is 11.9 Å². The molecule has 0 saturated carbocycles. The Morgan fingerprint density at radius 2 is 1.19 bits per heavy atom. The molecule has 0 aliphatic heterocycles. The van der Waals surface area contributed by atoms with Crippen molar-refractivity contribution >= 4 is 11.9 Å². The van der Waals surface area contributed by atoms with E-state index in [2.05, 4.69) is 13.8 Å². The monoisotopic (exact) mass is 354 g/mol. The fourth-order valence-electron chi connectivity index (χ4n) is 2.76. The lowest BCUT2D eigenvalue weighted by Gasteiger charge is -2.23. The van der Waals surface area contributed by atoms with Crippen molar-refractivity contribution in [3.05, 3.63) is 71.8 Å². The number of carbonyl (C=O) groups excluding carboxylic acids is 2. The van der Waals surface area contributed by atoms with Crippen LogP contribution in [0.3, 0.4) is 0 Å². The Hall–Kier alpha value is -2.62. The van der Waals surface area contributed by atoms with E-state index in [1.54, 1.807) is 48.5 Å². The van der Waals surface area contributed by atoms with Crippen molar-refractivity contribution in [2.75, 3.05) is 0 Å². The van der Waals surface area contributed by atoms with Gasteiger partial charge in [0.25, 0.3) is 0 Å². The molecule has 0 aliphatic carbocycles. The van der Waals surface area contributed by atoms with Gasteiger partial charge in [-0.25, -0.2) is 9.59 Å². The number of rotatable bonds is 8. The summed E-state index contributed by atoms with van der Waals surface area (Å²) in [6.45, 7) is 5.97. The fraction of sp³-hybridized carbons (Fsp3) is 0.364. The summed E-state index contributed by atoms with van der Waals surface area (Å²) in [5, 5.41) is 0. The molecule has 2 atom stereocenters. The molecule has 0 aromatic heterocycles. The van der Waals surface area contributed by atoms with Gasteiger partial charge < -0.3 is 9.47 Å². The zero-order chi connectivity index (χ0) is 18.9. The Morgan fingerprint density at radius 3 is 1.65 bits per heavy atom. The van der Waals surface area contributed by atoms with Gasteiger partial charge in [0.2, 0.25) is 0 Å². The maximum absolute atomic E-state index is 12.3. The first-order valence-corrected chi connectivity index (χ1v) is 8.97. The lowest BCUT2D eigenvalue weighted by atomic mass is 10.0. The van der Waals surface area contributed by atoms with Crippen LogP contribution in [-0.4, -0.2) is 24.1 Å². The first kappa shape index (κ1) is 19.7. The van der Waals surface area contributed by atoms with Crippen LogP contribution in [0.15, 0.2) is 60.7 Å². The highest BCUT2D eigenvalue weighted by atomic mass is 16.6. The highest BCUT2D eigenvalue weighted by Crippen LogP contribution is 2.18. The molecule has 0 bridgehead atoms. The van der Waals surface area contributed by atoms with Crippen molar-refractivity contribution in [3.8, 4) is 0 Å². The minimum absolute atomic E-state index is 0.304. The van der Waals surface area contributed by atoms with Gasteiger partial charge in [-0.2, -0.15) is 0 Å². The van der Waals surface area contributed by atoms with Crippen LogP contribution in [-0.2, 0) is 9.47 Å². The van der Waals surface area contributed by atoms with Crippen LogP contribution in [0, 0.1) is 5.92 Å². The lowest BCUT2D eigenvalue weighted by molar-refractivity contribution is -0.000878. The summed E-state index contributed by atoms with van der Waals surface area (Å²) in [5.41, 5.74) is 1.04. The van der Waals surface area contributed by atoms with E-state index >= 15 is 0 Å². The minimum Gasteiger partial charge on any atom is -0.459 e. The second kappa shape index (κ2) is 9.76. The van der Waals surface area contributed by atoms with Crippen molar-refractivity contribution < 1.29 is 19.1 Å². The van der Waals surface area contributed by atoms with Crippen LogP contribution in [0.2, 0.25) is 0 Å². The lowest BCUT2D eigenvalue weighted by Crippen LogP contribution is -2.27. The Morgan fingerprint density at radius 1 is 0.731 bits per heavy atom. The van der Waals surface area contributed by atoms with Gasteiger partial charge in [-0.15, -0.1) is 0 Å². The Labute approximate surface area is 155 Å². The Balaban J connectivity index is 1.96. The summed E-state index contributed by atoms with van der Waals surface area (Å²) < 4.78 is 11.2. The molecule has 26 heavy (non-hydrogen) atoms. The molecule has 0 aliphatic rings. The van der Waals surface area contributed by atoms with Gasteiger partial charge in [-0.1, -0.05) is 50.2 Å². The average molecular weight is 354 g/mol. The summed E-state index contributed by atoms with van der Waals surface area (Å²) >= 11 is 0. The molecule has 0 fully saturated rings. The molecule has 2 rings (SSSR count). The number of hydrogen-bond donors (Lipinski definition) is 0. The van der Waals surface area contributed by atoms with E-state index in [0.29, 0.717) is 29.9 Å². The fourth-order valence-corrected chi connectivity index (χ4v) is 2.76. The summed E-state index contributed by atoms with van der Waals surface area (Å²) in [7, 11) is 0. The van der Waals surface area contributed by atoms with Crippen molar-refractivity contribution in [2.45, 2.75) is 45.8 Å². The van der Waals surface area contributed by atoms with Gasteiger partial charge in [-0.05, 0) is 43.5 Å². The van der Waals surface area contributed by atoms with Crippen LogP contribution in [0.5, 0.6) is 0 Å². The molecule has 4 heteroatoms. The van der Waals surface area contributed by atoms with Crippen molar-refractivity contribution in [1.82, 2.24) is 0 Å². The Kier molecular flexibility index (Phi) is 7.39. The first-order valence-electron chi connectivity index (χ1n) is 8.97. The quantitative estimate of drug-likeness (QED) is 0.633. The normalized spacial score (nSPS) is 13.1. The molecule has 0 saturated heterocycles. The highest BCUT2D eigenvalue weighted by molar-refractivity contribution is 5.90. The summed E-state index contributed by atoms with van der Waals surface area (Å²) in [4.78, 5) is 24.5. The number of hydrogen-bond acceptors (Lipinski definition) is 4. The second-order valence-corrected chi connectivity index (χ2v) is 6.84. The summed E-state index contributed by atoms with van der Waals surface area (Å²) in [5.74, 6) is -0.353. The zero-order valence-electron chi connectivity index (χ0n) is 15.6. The van der Waals surface area contributed by atoms with Crippen molar-refractivity contribution in [1.29, 1.82) is 0 Å². The third kappa shape index (κ3) is 6.36. The molecule has 4 nitrogen and oxygen atoms in total. The van der Waals surface area contributed by atoms with E-state index < -0.39 is 0 Å². The highest BCUT2D eigenvalue weighted by Gasteiger charge is 2.22. The van der Waals surface area contributed by atoms with E-state index in [4.69, 9.17) is 9.47 Å². The number of ether oxygens (including phenoxy) is 2. The van der Waals surface area contributed by atoms with Crippen LogP contribution in [0.1, 0.15) is 54.3 Å². The smallest absolute Gasteiger partial charge is 0.338 e. The largest absolute Gasteiger partial charge is 0.459 e. The predicted octanol–water partition coefficient (Wildman–Crippen LogP) is 4.89. The Bertz CT molecular complexity index is 695. The van der Waals surface area contributed by atoms with Gasteiger partial charge in [0, 0.05) is 6.42 Å². The van der Waals surface area contributed by atoms with Crippen LogP contribution >= 0.6 is 0 Å². The van der Waals surface area contributed by atoms with Gasteiger partial charge in [0.15, 0.2) is 0 Å². The molecule has 138 valence electrons. The summed E-state index contributed by atoms with van der Waals surface area (Å²) in [6.07, 6.45) is 0.525. The van der Waals surface area contributed by atoms with E-state index in [1.165, 1.54) is 0 Å². The molecular formula is C22H26O4. The van der Waals surface area contributed by atoms with Crippen molar-refractivity contribution in [2.24, 2.45) is 5.92 Å². The molecule has 0 N–H and O–H groups in total. The standard InChI is InChI=1S/C22H26O4/c1-16(2)14-20(26-22(24)19-12-8-5-9-13-19)15-17(3)25-21(23)18-10-6-4-7-11-18/h4-13,16-17,20H,14-15H2,1-3H3. The number of esters is 2. The third-order valence-corrected chi connectivity index (χ3v) is 3.93. The molecule has 0 heterocycles. The average Bonchev–Trinajstić information content (AvgIpc) is 2.62. The maximum atomic E-state index is 12.3. The van der Waals surface area contributed by atoms with E-state index in [0.717, 1.165) is 0 Å². The van der Waals surface area contributed by atoms with Gasteiger partial charge in [0.05, 0.1) is 11.1 Å². The van der Waals surface area contributed by atoms with Gasteiger partial charge in [-0.3, -0.25) is 0 Å². The molecule has 0 spiro atoms. The van der Waals surface area contributed by atoms with E-state index in [1.807, 2.05) is 19.1 Å². The molecule has 0 radical (unpaired) electrons. The minimum atomic E-state index is -0.365. The van der Waals surface area contributed by atoms with Gasteiger partial charge in [0.1, 0.15) is 12.2 Å². The predicted molar refractivity (Wildman–Crippen MR) is 101 cm³/mol. The van der Waals surface area contributed by atoms with Crippen LogP contribution < -0.4 is 0 Å². The molecular weight excluding hydrogens is 328 g/mol. The zero-order valence-corrected chi connectivity index (χ0v) is 15.6. The summed E-state index contributed by atoms with van der Waals surface area (Å²) in [6, 6.07) is 17.8.